The topological polar surface area (TPSA) is 92.7 Å². The molecule has 0 aromatic carbocycles. The molecule has 2 amide bonds. The van der Waals surface area contributed by atoms with Crippen molar-refractivity contribution in [3.8, 4) is 11.3 Å². The Balaban J connectivity index is 1.94. The first-order valence-corrected chi connectivity index (χ1v) is 6.85. The van der Waals surface area contributed by atoms with E-state index in [9.17, 15) is 4.79 Å². The van der Waals surface area contributed by atoms with E-state index in [1.807, 2.05) is 19.1 Å². The molecule has 3 aromatic rings. The summed E-state index contributed by atoms with van der Waals surface area (Å²) in [4.78, 5) is 28.7. The molecule has 0 aliphatic carbocycles. The molecule has 0 bridgehead atoms. The van der Waals surface area contributed by atoms with E-state index < -0.39 is 0 Å². The monoisotopic (exact) mass is 294 g/mol. The Kier molecular flexibility index (Phi) is 3.86. The lowest BCUT2D eigenvalue weighted by Gasteiger charge is -2.06. The van der Waals surface area contributed by atoms with Crippen molar-refractivity contribution >= 4 is 23.0 Å². The molecule has 3 heterocycles. The Bertz CT molecular complexity index is 805. The molecule has 7 nitrogen and oxygen atoms in total. The number of amides is 2. The third-order valence-electron chi connectivity index (χ3n) is 2.96. The highest BCUT2D eigenvalue weighted by Gasteiger charge is 2.06. The van der Waals surface area contributed by atoms with E-state index in [2.05, 4.69) is 30.6 Å². The van der Waals surface area contributed by atoms with E-state index in [0.29, 0.717) is 29.2 Å². The summed E-state index contributed by atoms with van der Waals surface area (Å²) in [6.07, 6.45) is 5.08. The molecule has 22 heavy (non-hydrogen) atoms. The summed E-state index contributed by atoms with van der Waals surface area (Å²) in [5.74, 6) is 0.430. The minimum Gasteiger partial charge on any atom is -0.338 e. The number of nitrogens with one attached hydrogen (secondary N) is 2. The van der Waals surface area contributed by atoms with Crippen LogP contribution in [0.15, 0.2) is 42.9 Å². The highest BCUT2D eigenvalue weighted by atomic mass is 16.2. The van der Waals surface area contributed by atoms with Crippen LogP contribution in [-0.4, -0.2) is 32.5 Å². The summed E-state index contributed by atoms with van der Waals surface area (Å²) >= 11 is 0. The minimum atomic E-state index is -0.299. The molecule has 3 aromatic heterocycles. The number of carbonyl (C=O) groups excluding carboxylic acids is 1. The number of anilines is 1. The zero-order valence-corrected chi connectivity index (χ0v) is 11.9. The van der Waals surface area contributed by atoms with Gasteiger partial charge < -0.3 is 5.32 Å². The molecule has 0 aliphatic rings. The summed E-state index contributed by atoms with van der Waals surface area (Å²) in [6.45, 7) is 2.39. The van der Waals surface area contributed by atoms with Gasteiger partial charge in [-0.1, -0.05) is 0 Å². The molecule has 0 atom stereocenters. The Morgan fingerprint density at radius 2 is 1.95 bits per heavy atom. The van der Waals surface area contributed by atoms with Gasteiger partial charge in [-0.2, -0.15) is 0 Å². The summed E-state index contributed by atoms with van der Waals surface area (Å²) in [6, 6.07) is 6.87. The van der Waals surface area contributed by atoms with Crippen molar-refractivity contribution in [1.29, 1.82) is 0 Å². The van der Waals surface area contributed by atoms with Crippen molar-refractivity contribution in [3.05, 3.63) is 42.9 Å². The first kappa shape index (κ1) is 13.9. The van der Waals surface area contributed by atoms with Crippen molar-refractivity contribution in [2.75, 3.05) is 11.9 Å². The zero-order valence-electron chi connectivity index (χ0n) is 11.9. The van der Waals surface area contributed by atoms with Crippen molar-refractivity contribution in [2.24, 2.45) is 0 Å². The number of hydrogen-bond donors (Lipinski definition) is 2. The van der Waals surface area contributed by atoms with Gasteiger partial charge in [0.05, 0.1) is 11.9 Å². The van der Waals surface area contributed by atoms with Crippen molar-refractivity contribution in [2.45, 2.75) is 6.92 Å². The quantitative estimate of drug-likeness (QED) is 0.772. The van der Waals surface area contributed by atoms with E-state index in [-0.39, 0.29) is 6.03 Å². The van der Waals surface area contributed by atoms with Gasteiger partial charge in [0.15, 0.2) is 5.65 Å². The summed E-state index contributed by atoms with van der Waals surface area (Å²) < 4.78 is 0. The van der Waals surface area contributed by atoms with Crippen LogP contribution >= 0.6 is 0 Å². The number of pyridine rings is 2. The Morgan fingerprint density at radius 1 is 1.14 bits per heavy atom. The number of rotatable bonds is 3. The molecular weight excluding hydrogens is 280 g/mol. The number of carbonyl (C=O) groups is 1. The molecule has 0 unspecified atom stereocenters. The molecule has 3 rings (SSSR count). The molecule has 0 saturated heterocycles. The fourth-order valence-electron chi connectivity index (χ4n) is 1.95. The Morgan fingerprint density at radius 3 is 2.73 bits per heavy atom. The summed E-state index contributed by atoms with van der Waals surface area (Å²) in [5, 5.41) is 5.30. The van der Waals surface area contributed by atoms with Crippen LogP contribution in [-0.2, 0) is 0 Å². The molecular formula is C15H14N6O. The van der Waals surface area contributed by atoms with Gasteiger partial charge in [-0.05, 0) is 31.2 Å². The molecule has 2 N–H and O–H groups in total. The van der Waals surface area contributed by atoms with Crippen LogP contribution in [0.4, 0.5) is 10.6 Å². The van der Waals surface area contributed by atoms with Crippen molar-refractivity contribution in [3.63, 3.8) is 0 Å². The molecule has 0 radical (unpaired) electrons. The van der Waals surface area contributed by atoms with Gasteiger partial charge in [-0.3, -0.25) is 15.3 Å². The van der Waals surface area contributed by atoms with Crippen LogP contribution < -0.4 is 10.6 Å². The third kappa shape index (κ3) is 2.98. The van der Waals surface area contributed by atoms with Crippen LogP contribution in [0, 0.1) is 0 Å². The normalized spacial score (nSPS) is 10.4. The second kappa shape index (κ2) is 6.13. The average Bonchev–Trinajstić information content (AvgIpc) is 2.55. The number of nitrogens with zero attached hydrogens (tertiary/aromatic N) is 4. The number of hydrogen-bond acceptors (Lipinski definition) is 5. The predicted octanol–water partition coefficient (Wildman–Crippen LogP) is 2.23. The van der Waals surface area contributed by atoms with Crippen LogP contribution in [0.3, 0.4) is 0 Å². The maximum atomic E-state index is 11.5. The standard InChI is InChI=1S/C15H14N6O/c1-2-17-15(22)21-13-4-3-11-14(20-13)19-12(9-18-11)10-5-7-16-8-6-10/h3-9H,2H2,1H3,(H2,17,19,20,21,22). The second-order valence-corrected chi connectivity index (χ2v) is 4.51. The van der Waals surface area contributed by atoms with Crippen LogP contribution in [0.2, 0.25) is 0 Å². The van der Waals surface area contributed by atoms with Gasteiger partial charge in [0.25, 0.3) is 0 Å². The lowest BCUT2D eigenvalue weighted by molar-refractivity contribution is 0.252. The average molecular weight is 294 g/mol. The molecule has 110 valence electrons. The van der Waals surface area contributed by atoms with Crippen molar-refractivity contribution in [1.82, 2.24) is 25.3 Å². The van der Waals surface area contributed by atoms with Gasteiger partial charge in [-0.25, -0.2) is 14.8 Å². The van der Waals surface area contributed by atoms with Crippen molar-refractivity contribution < 1.29 is 4.79 Å². The SMILES string of the molecule is CCNC(=O)Nc1ccc2ncc(-c3ccncc3)nc2n1. The van der Waals surface area contributed by atoms with Gasteiger partial charge in [-0.15, -0.1) is 0 Å². The smallest absolute Gasteiger partial charge is 0.320 e. The molecule has 0 aliphatic heterocycles. The van der Waals surface area contributed by atoms with Crippen LogP contribution in [0.25, 0.3) is 22.4 Å². The maximum Gasteiger partial charge on any atom is 0.320 e. The predicted molar refractivity (Wildman–Crippen MR) is 83.3 cm³/mol. The minimum absolute atomic E-state index is 0.299. The maximum absolute atomic E-state index is 11.5. The molecule has 0 spiro atoms. The number of fused-ring (bicyclic) bond motifs is 1. The molecule has 0 saturated carbocycles. The highest BCUT2D eigenvalue weighted by Crippen LogP contribution is 2.18. The van der Waals surface area contributed by atoms with E-state index in [1.54, 1.807) is 30.7 Å². The van der Waals surface area contributed by atoms with E-state index in [0.717, 1.165) is 5.56 Å². The molecule has 0 fully saturated rings. The van der Waals surface area contributed by atoms with E-state index >= 15 is 0 Å². The van der Waals surface area contributed by atoms with Gasteiger partial charge in [0.1, 0.15) is 11.3 Å². The highest BCUT2D eigenvalue weighted by molar-refractivity contribution is 5.89. The number of aromatic nitrogens is 4. The largest absolute Gasteiger partial charge is 0.338 e. The lowest BCUT2D eigenvalue weighted by Crippen LogP contribution is -2.28. The van der Waals surface area contributed by atoms with Crippen LogP contribution in [0.1, 0.15) is 6.92 Å². The second-order valence-electron chi connectivity index (χ2n) is 4.51. The van der Waals surface area contributed by atoms with Crippen LogP contribution in [0.5, 0.6) is 0 Å². The Labute approximate surface area is 126 Å². The fraction of sp³-hybridized carbons (Fsp3) is 0.133. The first-order valence-electron chi connectivity index (χ1n) is 6.85. The molecule has 7 heteroatoms. The number of urea groups is 1. The zero-order chi connectivity index (χ0) is 15.4. The summed E-state index contributed by atoms with van der Waals surface area (Å²) in [7, 11) is 0. The third-order valence-corrected chi connectivity index (χ3v) is 2.96. The fourth-order valence-corrected chi connectivity index (χ4v) is 1.95. The van der Waals surface area contributed by atoms with Gasteiger partial charge in [0.2, 0.25) is 0 Å². The first-order chi connectivity index (χ1) is 10.8. The van der Waals surface area contributed by atoms with Gasteiger partial charge >= 0.3 is 6.03 Å². The summed E-state index contributed by atoms with van der Waals surface area (Å²) in [5.41, 5.74) is 2.76. The van der Waals surface area contributed by atoms with E-state index in [1.165, 1.54) is 0 Å². The van der Waals surface area contributed by atoms with Gasteiger partial charge in [0, 0.05) is 24.5 Å². The Hall–Kier alpha value is -3.09. The van der Waals surface area contributed by atoms with E-state index in [4.69, 9.17) is 0 Å². The lowest BCUT2D eigenvalue weighted by atomic mass is 10.2.